The monoisotopic (exact) mass is 1870 g/mol. The zero-order valence-electron chi connectivity index (χ0n) is 72.6. The molecule has 0 amide bonds. The van der Waals surface area contributed by atoms with Crippen molar-refractivity contribution in [2.24, 2.45) is 0 Å². The molecule has 0 saturated carbocycles. The minimum Gasteiger partial charge on any atom is -1.00 e. The summed E-state index contributed by atoms with van der Waals surface area (Å²) in [6, 6.07) is 6.48. The van der Waals surface area contributed by atoms with Crippen LogP contribution in [0.4, 0.5) is 0 Å². The molecule has 0 aromatic carbocycles. The number of quaternary nitrogens is 4. The Morgan fingerprint density at radius 1 is 0.296 bits per heavy atom. The van der Waals surface area contributed by atoms with Gasteiger partial charge in [0, 0.05) is 154 Å². The number of nitrogens with zero attached hydrogens (tertiary/aromatic N) is 14. The van der Waals surface area contributed by atoms with Gasteiger partial charge in [-0.15, -0.1) is 12.8 Å². The summed E-state index contributed by atoms with van der Waals surface area (Å²) in [6.07, 6.45) is 17.9. The van der Waals surface area contributed by atoms with Gasteiger partial charge < -0.3 is 110 Å². The van der Waals surface area contributed by atoms with E-state index in [1.807, 2.05) is 4.90 Å². The lowest BCUT2D eigenvalue weighted by atomic mass is 10.3. The van der Waals surface area contributed by atoms with Gasteiger partial charge in [0.2, 0.25) is 0 Å². The first-order valence-corrected chi connectivity index (χ1v) is 41.2. The molecule has 2 aliphatic rings. The number of terminal acetylenes is 2. The van der Waals surface area contributed by atoms with E-state index >= 15 is 0 Å². The van der Waals surface area contributed by atoms with E-state index in [1.165, 1.54) is 58.5 Å². The fourth-order valence-electron chi connectivity index (χ4n) is 10.6. The minimum atomic E-state index is -3.29. The van der Waals surface area contributed by atoms with Gasteiger partial charge in [0.05, 0.1) is 175 Å². The highest BCUT2D eigenvalue weighted by atomic mass is 79.9. The first kappa shape index (κ1) is 117. The van der Waals surface area contributed by atoms with Crippen LogP contribution in [0.3, 0.4) is 0 Å². The average Bonchev–Trinajstić information content (AvgIpc) is 0.909. The molecule has 26 heteroatoms. The van der Waals surface area contributed by atoms with Gasteiger partial charge in [-0.05, 0) is 204 Å². The van der Waals surface area contributed by atoms with Crippen LogP contribution in [0.25, 0.3) is 0 Å². The van der Waals surface area contributed by atoms with Crippen LogP contribution in [-0.4, -0.2) is 350 Å². The molecular formula is C89H128Br4N14O6P2. The van der Waals surface area contributed by atoms with Gasteiger partial charge in [-0.1, -0.05) is 0 Å². The maximum Gasteiger partial charge on any atom is 0.344 e. The highest BCUT2D eigenvalue weighted by molar-refractivity contribution is 7.54. The van der Waals surface area contributed by atoms with Gasteiger partial charge in [0.25, 0.3) is 0 Å². The lowest BCUT2D eigenvalue weighted by Crippen LogP contribution is -3.00. The van der Waals surface area contributed by atoms with E-state index in [0.29, 0.717) is 41.9 Å². The summed E-state index contributed by atoms with van der Waals surface area (Å²) in [5, 5.41) is 0. The van der Waals surface area contributed by atoms with E-state index in [2.05, 4.69) is 358 Å². The molecular weight excluding hydrogens is 1740 g/mol. The third kappa shape index (κ3) is 73.8. The Kier molecular flexibility index (Phi) is 73.2. The number of hydrogen-bond acceptors (Lipinski definition) is 16. The standard InChI is InChI=1S/C55H47N6.C18H42N6.C16H39N2O6P2.4BrH/c1-10-12-14-16-18-20-22-24-26-28-30-32-34-36-38-40-49-60(6,7)51-43-46-57-53-56(45-42-48-59(3,4)5)54-58(55-57)47-44-52-61(8,9)50-41-39-37-35-33-31-29-27-25-23-21-19-17-15-13-11-2;1-19(2)10-7-13-22-16-23(14-8-11-20(3)4)18-24(17-22)15-9-12-21(5)6;1-8-21-25(19,22-9-2)15-17(13-12-14-18(5,6)7)16-26(20,23-10-3)24-11-4;;;;/h1-2H,42-48,51-55H2,3-9H3;7-18H2,1-6H3;8-16H2,1-7H3;4*1H/q+3;;+1;;;;/p-4. The van der Waals surface area contributed by atoms with Crippen molar-refractivity contribution in [1.29, 1.82) is 0 Å². The Hall–Kier alpha value is -6.26. The molecule has 2 fully saturated rings. The first-order chi connectivity index (χ1) is 52.7. The second kappa shape index (κ2) is 71.8. The van der Waals surface area contributed by atoms with Crippen molar-refractivity contribution in [3.8, 4) is 214 Å². The van der Waals surface area contributed by atoms with E-state index in [-0.39, 0.29) is 80.5 Å². The third-order valence-electron chi connectivity index (χ3n) is 15.3. The number of hydrogen-bond donors (Lipinski definition) is 0. The molecule has 0 radical (unpaired) electrons. The first-order valence-electron chi connectivity index (χ1n) is 37.7. The van der Waals surface area contributed by atoms with E-state index in [9.17, 15) is 9.13 Å². The van der Waals surface area contributed by atoms with Gasteiger partial charge in [-0.3, -0.25) is 52.4 Å². The zero-order valence-corrected chi connectivity index (χ0v) is 80.7. The van der Waals surface area contributed by atoms with Gasteiger partial charge >= 0.3 is 15.2 Å². The zero-order chi connectivity index (χ0) is 83.0. The molecule has 0 atom stereocenters. The molecule has 2 aliphatic heterocycles. The van der Waals surface area contributed by atoms with Crippen LogP contribution >= 0.6 is 15.2 Å². The van der Waals surface area contributed by atoms with Crippen molar-refractivity contribution in [3.05, 3.63) is 0 Å². The largest absolute Gasteiger partial charge is 1.00 e. The smallest absolute Gasteiger partial charge is 0.344 e. The Morgan fingerprint density at radius 2 is 0.496 bits per heavy atom. The van der Waals surface area contributed by atoms with Crippen LogP contribution in [0.5, 0.6) is 0 Å². The summed E-state index contributed by atoms with van der Waals surface area (Å²) in [4.78, 5) is 24.2. The number of rotatable bonds is 40. The fraction of sp³-hybridized carbons (Fsp3) is 0.596. The highest BCUT2D eigenvalue weighted by Crippen LogP contribution is 2.53. The topological polar surface area (TPSA) is 103 Å². The van der Waals surface area contributed by atoms with Crippen LogP contribution in [0, 0.1) is 214 Å². The van der Waals surface area contributed by atoms with Gasteiger partial charge in [-0.25, -0.2) is 0 Å². The SMILES string of the molecule is C#CC#CC#CC#CC#CC#CC#CC#CC#C[N+](C)(C)CCCN1CN(CCC[N+](C)(C)C)CN(CCC[N+](C)(C)C#CC#CC#CC#CC#CC#CC#CC#CC#C)C1.CCOP(=O)(CN(CCC[N+](C)(C)C)CP(=O)(OCC)OCC)OCC.CN(C)CCCN1CN(CCCN(C)C)CN(CCCN(C)C)C1.[Br-].[Br-].[Br-].[Br-]. The molecule has 2 heterocycles. The summed E-state index contributed by atoms with van der Waals surface area (Å²) < 4.78 is 50.3. The predicted molar refractivity (Wildman–Crippen MR) is 457 cm³/mol. The molecule has 115 heavy (non-hydrogen) atoms. The molecule has 20 nitrogen and oxygen atoms in total. The summed E-state index contributed by atoms with van der Waals surface area (Å²) >= 11 is 0. The molecule has 628 valence electrons. The van der Waals surface area contributed by atoms with Crippen LogP contribution in [0.1, 0.15) is 72.6 Å². The maximum absolute atomic E-state index is 12.9. The second-order valence-corrected chi connectivity index (χ2v) is 33.8. The quantitative estimate of drug-likeness (QED) is 0.0330. The van der Waals surface area contributed by atoms with E-state index in [4.69, 9.17) is 30.9 Å². The number of halogens is 4. The molecule has 0 aromatic rings. The van der Waals surface area contributed by atoms with Crippen molar-refractivity contribution in [2.45, 2.75) is 72.6 Å². The minimum absolute atomic E-state index is 0. The fourth-order valence-corrected chi connectivity index (χ4v) is 14.3. The van der Waals surface area contributed by atoms with Crippen LogP contribution in [0.15, 0.2) is 0 Å². The molecule has 2 rings (SSSR count). The van der Waals surface area contributed by atoms with E-state index < -0.39 is 15.2 Å². The lowest BCUT2D eigenvalue weighted by Gasteiger charge is -2.43. The van der Waals surface area contributed by atoms with Crippen LogP contribution in [0.2, 0.25) is 0 Å². The average molecular weight is 1870 g/mol. The van der Waals surface area contributed by atoms with E-state index in [0.717, 1.165) is 120 Å². The molecule has 0 N–H and O–H groups in total. The Labute approximate surface area is 742 Å². The Bertz CT molecular complexity index is 3850. The highest BCUT2D eigenvalue weighted by Gasteiger charge is 2.34. The predicted octanol–water partition coefficient (Wildman–Crippen LogP) is -6.47. The summed E-state index contributed by atoms with van der Waals surface area (Å²) in [5.41, 5.74) is 0. The molecule has 0 bridgehead atoms. The molecule has 0 aliphatic carbocycles. The molecule has 2 saturated heterocycles. The normalized spacial score (nSPS) is 12.5. The van der Waals surface area contributed by atoms with Crippen molar-refractivity contribution >= 4 is 15.2 Å². The Balaban J connectivity index is -0.000000614. The molecule has 0 spiro atoms. The summed E-state index contributed by atoms with van der Waals surface area (Å²) in [5.74, 6) is 82.3. The van der Waals surface area contributed by atoms with Crippen molar-refractivity contribution in [2.75, 3.05) is 283 Å². The van der Waals surface area contributed by atoms with Crippen molar-refractivity contribution in [3.63, 3.8) is 0 Å². The van der Waals surface area contributed by atoms with Gasteiger partial charge in [0.1, 0.15) is 12.6 Å². The van der Waals surface area contributed by atoms with Gasteiger partial charge in [0.15, 0.2) is 12.1 Å². The van der Waals surface area contributed by atoms with Crippen LogP contribution < -0.4 is 67.9 Å². The van der Waals surface area contributed by atoms with E-state index in [1.54, 1.807) is 27.7 Å². The van der Waals surface area contributed by atoms with Crippen molar-refractivity contribution < 1.29 is 113 Å². The second-order valence-electron chi connectivity index (χ2n) is 29.8. The lowest BCUT2D eigenvalue weighted by molar-refractivity contribution is -0.870. The maximum atomic E-state index is 12.9. The summed E-state index contributed by atoms with van der Waals surface area (Å²) in [7, 11) is 27.8. The third-order valence-corrected chi connectivity index (χ3v) is 19.4. The van der Waals surface area contributed by atoms with Crippen LogP contribution in [-0.2, 0) is 27.2 Å². The van der Waals surface area contributed by atoms with Crippen molar-refractivity contribution in [1.82, 2.24) is 49.0 Å². The molecule has 0 unspecified atom stereocenters. The molecule has 0 aromatic heterocycles. The van der Waals surface area contributed by atoms with Gasteiger partial charge in [-0.2, -0.15) is 0 Å². The Morgan fingerprint density at radius 3 is 0.704 bits per heavy atom. The summed E-state index contributed by atoms with van der Waals surface area (Å²) in [6.45, 7) is 29.1.